The second kappa shape index (κ2) is 9.91. The van der Waals surface area contributed by atoms with Crippen LogP contribution in [0.1, 0.15) is 42.1 Å². The summed E-state index contributed by atoms with van der Waals surface area (Å²) in [6.45, 7) is 9.23. The molecule has 176 valence electrons. The van der Waals surface area contributed by atoms with Crippen molar-refractivity contribution in [2.24, 2.45) is 0 Å². The van der Waals surface area contributed by atoms with Gasteiger partial charge < -0.3 is 14.1 Å². The molecule has 0 aliphatic carbocycles. The van der Waals surface area contributed by atoms with Gasteiger partial charge in [-0.3, -0.25) is 4.79 Å². The molecule has 2 heterocycles. The van der Waals surface area contributed by atoms with Crippen LogP contribution >= 0.6 is 0 Å². The van der Waals surface area contributed by atoms with E-state index in [0.29, 0.717) is 29.6 Å². The maximum Gasteiger partial charge on any atom is 0.268 e. The quantitative estimate of drug-likeness (QED) is 0.365. The van der Waals surface area contributed by atoms with Crippen molar-refractivity contribution in [3.63, 3.8) is 0 Å². The zero-order valence-corrected chi connectivity index (χ0v) is 20.2. The SMILES string of the molecule is CCCN(CC)C(=O)c1ccc(-n2nc(-c3nnc(C)o3)c(C)c2-c2ccc(OC)cc2)cc1. The first-order valence-electron chi connectivity index (χ1n) is 11.4. The Hall–Kier alpha value is -3.94. The first kappa shape index (κ1) is 23.2. The fourth-order valence-corrected chi connectivity index (χ4v) is 3.97. The van der Waals surface area contributed by atoms with E-state index in [-0.39, 0.29) is 5.91 Å². The van der Waals surface area contributed by atoms with Crippen LogP contribution in [0.4, 0.5) is 0 Å². The maximum absolute atomic E-state index is 12.9. The van der Waals surface area contributed by atoms with E-state index in [1.165, 1.54) is 0 Å². The van der Waals surface area contributed by atoms with Crippen molar-refractivity contribution in [1.29, 1.82) is 0 Å². The van der Waals surface area contributed by atoms with E-state index in [1.54, 1.807) is 14.0 Å². The molecule has 0 atom stereocenters. The van der Waals surface area contributed by atoms with E-state index in [1.807, 2.05) is 72.0 Å². The monoisotopic (exact) mass is 459 g/mol. The number of methoxy groups -OCH3 is 1. The molecule has 4 aromatic rings. The lowest BCUT2D eigenvalue weighted by Crippen LogP contribution is -2.31. The van der Waals surface area contributed by atoms with Gasteiger partial charge in [0.15, 0.2) is 5.69 Å². The molecule has 0 bridgehead atoms. The first-order chi connectivity index (χ1) is 16.5. The fourth-order valence-electron chi connectivity index (χ4n) is 3.97. The largest absolute Gasteiger partial charge is 0.497 e. The topological polar surface area (TPSA) is 86.3 Å². The highest BCUT2D eigenvalue weighted by Gasteiger charge is 2.22. The van der Waals surface area contributed by atoms with E-state index in [2.05, 4.69) is 17.1 Å². The molecule has 0 saturated heterocycles. The number of carbonyl (C=O) groups excluding carboxylic acids is 1. The Bertz CT molecular complexity index is 1270. The van der Waals surface area contributed by atoms with Gasteiger partial charge in [0.05, 0.1) is 18.5 Å². The van der Waals surface area contributed by atoms with Crippen LogP contribution in [0.3, 0.4) is 0 Å². The summed E-state index contributed by atoms with van der Waals surface area (Å²) in [6, 6.07) is 15.3. The lowest BCUT2D eigenvalue weighted by Gasteiger charge is -2.20. The summed E-state index contributed by atoms with van der Waals surface area (Å²) in [4.78, 5) is 14.7. The molecule has 0 spiro atoms. The number of aryl methyl sites for hydroxylation is 1. The number of amides is 1. The molecule has 0 aliphatic heterocycles. The Morgan fingerprint density at radius 1 is 1.03 bits per heavy atom. The Morgan fingerprint density at radius 2 is 1.74 bits per heavy atom. The normalized spacial score (nSPS) is 11.0. The number of carbonyl (C=O) groups is 1. The second-order valence-corrected chi connectivity index (χ2v) is 8.02. The Morgan fingerprint density at radius 3 is 2.29 bits per heavy atom. The second-order valence-electron chi connectivity index (χ2n) is 8.02. The number of hydrogen-bond donors (Lipinski definition) is 0. The molecular weight excluding hydrogens is 430 g/mol. The number of rotatable bonds is 8. The standard InChI is InChI=1S/C26H29N5O3/c1-6-16-30(7-2)26(32)20-8-12-21(13-9-20)31-24(19-10-14-22(33-5)15-11-19)17(3)23(29-31)25-28-27-18(4)34-25/h8-15H,6-7,16H2,1-5H3. The van der Waals surface area contributed by atoms with Crippen molar-refractivity contribution in [2.75, 3.05) is 20.2 Å². The summed E-state index contributed by atoms with van der Waals surface area (Å²) < 4.78 is 12.8. The summed E-state index contributed by atoms with van der Waals surface area (Å²) in [5, 5.41) is 13.0. The third kappa shape index (κ3) is 4.44. The van der Waals surface area contributed by atoms with Gasteiger partial charge in [0.1, 0.15) is 5.75 Å². The molecule has 0 N–H and O–H groups in total. The molecule has 0 saturated carbocycles. The minimum atomic E-state index is 0.0324. The third-order valence-electron chi connectivity index (χ3n) is 5.74. The zero-order valence-electron chi connectivity index (χ0n) is 20.2. The van der Waals surface area contributed by atoms with Crippen LogP contribution in [-0.2, 0) is 0 Å². The van der Waals surface area contributed by atoms with E-state index < -0.39 is 0 Å². The van der Waals surface area contributed by atoms with Crippen molar-refractivity contribution < 1.29 is 13.9 Å². The Labute approximate surface area is 199 Å². The predicted molar refractivity (Wildman–Crippen MR) is 130 cm³/mol. The van der Waals surface area contributed by atoms with E-state index in [0.717, 1.165) is 41.2 Å². The third-order valence-corrected chi connectivity index (χ3v) is 5.74. The van der Waals surface area contributed by atoms with E-state index in [9.17, 15) is 4.79 Å². The van der Waals surface area contributed by atoms with Crippen molar-refractivity contribution >= 4 is 5.91 Å². The Kier molecular flexibility index (Phi) is 6.77. The highest BCUT2D eigenvalue weighted by atomic mass is 16.5. The molecule has 0 aliphatic rings. The summed E-state index contributed by atoms with van der Waals surface area (Å²) in [6.07, 6.45) is 0.924. The lowest BCUT2D eigenvalue weighted by molar-refractivity contribution is 0.0764. The van der Waals surface area contributed by atoms with Crippen LogP contribution in [0, 0.1) is 13.8 Å². The molecule has 1 amide bonds. The fraction of sp³-hybridized carbons (Fsp3) is 0.308. The average Bonchev–Trinajstić information content (AvgIpc) is 3.45. The summed E-state index contributed by atoms with van der Waals surface area (Å²) in [5.74, 6) is 1.65. The van der Waals surface area contributed by atoms with Gasteiger partial charge >= 0.3 is 0 Å². The predicted octanol–water partition coefficient (Wildman–Crippen LogP) is 5.09. The van der Waals surface area contributed by atoms with Gasteiger partial charge in [-0.2, -0.15) is 5.10 Å². The van der Waals surface area contributed by atoms with Gasteiger partial charge in [0.25, 0.3) is 11.8 Å². The lowest BCUT2D eigenvalue weighted by atomic mass is 10.1. The molecule has 0 radical (unpaired) electrons. The van der Waals surface area contributed by atoms with Crippen molar-refractivity contribution in [1.82, 2.24) is 24.9 Å². The van der Waals surface area contributed by atoms with Crippen LogP contribution in [-0.4, -0.2) is 51.0 Å². The number of ether oxygens (including phenoxy) is 1. The highest BCUT2D eigenvalue weighted by molar-refractivity contribution is 5.94. The number of hydrogen-bond acceptors (Lipinski definition) is 6. The highest BCUT2D eigenvalue weighted by Crippen LogP contribution is 2.34. The molecule has 34 heavy (non-hydrogen) atoms. The summed E-state index contributed by atoms with van der Waals surface area (Å²) in [5.41, 5.74) is 4.87. The van der Waals surface area contributed by atoms with E-state index >= 15 is 0 Å². The van der Waals surface area contributed by atoms with Gasteiger partial charge in [-0.05, 0) is 68.8 Å². The minimum absolute atomic E-state index is 0.0324. The smallest absolute Gasteiger partial charge is 0.268 e. The van der Waals surface area contributed by atoms with Crippen LogP contribution < -0.4 is 4.74 Å². The summed E-state index contributed by atoms with van der Waals surface area (Å²) >= 11 is 0. The number of nitrogens with zero attached hydrogens (tertiary/aromatic N) is 5. The van der Waals surface area contributed by atoms with Gasteiger partial charge in [-0.25, -0.2) is 4.68 Å². The number of benzene rings is 2. The van der Waals surface area contributed by atoms with Crippen molar-refractivity contribution in [2.45, 2.75) is 34.1 Å². The van der Waals surface area contributed by atoms with Crippen LogP contribution in [0.5, 0.6) is 5.75 Å². The Balaban J connectivity index is 1.79. The molecule has 0 fully saturated rings. The molecule has 8 heteroatoms. The van der Waals surface area contributed by atoms with Crippen LogP contribution in [0.2, 0.25) is 0 Å². The zero-order chi connectivity index (χ0) is 24.2. The first-order valence-corrected chi connectivity index (χ1v) is 11.4. The molecule has 4 rings (SSSR count). The summed E-state index contributed by atoms with van der Waals surface area (Å²) in [7, 11) is 1.64. The van der Waals surface area contributed by atoms with E-state index in [4.69, 9.17) is 14.3 Å². The van der Waals surface area contributed by atoms with Crippen LogP contribution in [0.15, 0.2) is 52.9 Å². The molecule has 2 aromatic carbocycles. The average molecular weight is 460 g/mol. The van der Waals surface area contributed by atoms with Gasteiger partial charge in [0, 0.05) is 36.7 Å². The van der Waals surface area contributed by atoms with Gasteiger partial charge in [0.2, 0.25) is 5.89 Å². The van der Waals surface area contributed by atoms with Gasteiger partial charge in [-0.15, -0.1) is 10.2 Å². The molecule has 0 unspecified atom stereocenters. The minimum Gasteiger partial charge on any atom is -0.497 e. The molecular formula is C26H29N5O3. The van der Waals surface area contributed by atoms with Crippen molar-refractivity contribution in [3.8, 4) is 34.3 Å². The van der Waals surface area contributed by atoms with Crippen molar-refractivity contribution in [3.05, 3.63) is 65.5 Å². The number of aromatic nitrogens is 4. The van der Waals surface area contributed by atoms with Crippen LogP contribution in [0.25, 0.3) is 28.5 Å². The maximum atomic E-state index is 12.9. The molecule has 2 aromatic heterocycles. The molecule has 8 nitrogen and oxygen atoms in total. The van der Waals surface area contributed by atoms with Gasteiger partial charge in [-0.1, -0.05) is 6.92 Å².